The molecule has 0 saturated heterocycles. The first-order valence-electron chi connectivity index (χ1n) is 6.64. The van der Waals surface area contributed by atoms with Crippen LogP contribution in [0.15, 0.2) is 18.2 Å². The molecule has 1 N–H and O–H groups in total. The van der Waals surface area contributed by atoms with Gasteiger partial charge in [0, 0.05) is 0 Å². The maximum absolute atomic E-state index is 9.46. The van der Waals surface area contributed by atoms with Crippen LogP contribution in [0.4, 0.5) is 0 Å². The van der Waals surface area contributed by atoms with Gasteiger partial charge in [-0.3, -0.25) is 5.32 Å². The maximum Gasteiger partial charge on any atom is 0.203 e. The van der Waals surface area contributed by atoms with Crippen molar-refractivity contribution < 1.29 is 14.2 Å². The standard InChI is InChI=1S/C15H20N2O3/c1-17-15(9-16,11-7-8-11)10-20-14-12(18-2)5-4-6-13(14)19-3/h4-6,11,17H,7-8,10H2,1-3H3. The second-order valence-electron chi connectivity index (χ2n) is 4.89. The molecular formula is C15H20N2O3. The Bertz CT molecular complexity index is 486. The first-order valence-corrected chi connectivity index (χ1v) is 6.64. The zero-order chi connectivity index (χ0) is 14.6. The predicted molar refractivity (Wildman–Crippen MR) is 75.2 cm³/mol. The minimum absolute atomic E-state index is 0.265. The lowest BCUT2D eigenvalue weighted by molar-refractivity contribution is 0.197. The van der Waals surface area contributed by atoms with Gasteiger partial charge in [-0.2, -0.15) is 5.26 Å². The summed E-state index contributed by atoms with van der Waals surface area (Å²) >= 11 is 0. The van der Waals surface area contributed by atoms with E-state index in [4.69, 9.17) is 14.2 Å². The third-order valence-electron chi connectivity index (χ3n) is 3.75. The van der Waals surface area contributed by atoms with E-state index in [1.165, 1.54) is 0 Å². The smallest absolute Gasteiger partial charge is 0.203 e. The normalized spacial score (nSPS) is 16.9. The number of nitriles is 1. The highest BCUT2D eigenvalue weighted by atomic mass is 16.5. The van der Waals surface area contributed by atoms with Crippen LogP contribution in [0.3, 0.4) is 0 Å². The van der Waals surface area contributed by atoms with Gasteiger partial charge in [0.15, 0.2) is 11.5 Å². The van der Waals surface area contributed by atoms with Crippen LogP contribution in [0.2, 0.25) is 0 Å². The molecule has 5 heteroatoms. The highest BCUT2D eigenvalue weighted by Crippen LogP contribution is 2.42. The van der Waals surface area contributed by atoms with E-state index in [1.54, 1.807) is 21.3 Å². The van der Waals surface area contributed by atoms with Gasteiger partial charge in [-0.05, 0) is 37.9 Å². The van der Waals surface area contributed by atoms with Gasteiger partial charge in [-0.1, -0.05) is 6.07 Å². The number of methoxy groups -OCH3 is 2. The number of benzene rings is 1. The van der Waals surface area contributed by atoms with Crippen molar-refractivity contribution in [3.05, 3.63) is 18.2 Å². The molecule has 1 atom stereocenters. The Morgan fingerprint density at radius 2 is 1.90 bits per heavy atom. The third-order valence-corrected chi connectivity index (χ3v) is 3.75. The van der Waals surface area contributed by atoms with E-state index in [-0.39, 0.29) is 6.61 Å². The SMILES string of the molecule is CNC(C#N)(COc1c(OC)cccc1OC)C1CC1. The summed E-state index contributed by atoms with van der Waals surface area (Å²) in [6, 6.07) is 7.80. The Kier molecular flexibility index (Phi) is 4.35. The van der Waals surface area contributed by atoms with Crippen molar-refractivity contribution in [2.24, 2.45) is 5.92 Å². The molecule has 0 radical (unpaired) electrons. The summed E-state index contributed by atoms with van der Waals surface area (Å²) in [5.74, 6) is 2.08. The van der Waals surface area contributed by atoms with Crippen LogP contribution in [-0.4, -0.2) is 33.4 Å². The van der Waals surface area contributed by atoms with Crippen LogP contribution >= 0.6 is 0 Å². The van der Waals surface area contributed by atoms with Gasteiger partial charge in [-0.25, -0.2) is 0 Å². The fourth-order valence-electron chi connectivity index (χ4n) is 2.30. The molecular weight excluding hydrogens is 256 g/mol. The van der Waals surface area contributed by atoms with Gasteiger partial charge in [0.2, 0.25) is 5.75 Å². The van der Waals surface area contributed by atoms with Crippen LogP contribution in [0.5, 0.6) is 17.2 Å². The quantitative estimate of drug-likeness (QED) is 0.825. The van der Waals surface area contributed by atoms with Gasteiger partial charge < -0.3 is 14.2 Å². The van der Waals surface area contributed by atoms with Crippen LogP contribution in [0.1, 0.15) is 12.8 Å². The summed E-state index contributed by atoms with van der Waals surface area (Å²) in [4.78, 5) is 0. The fourth-order valence-corrected chi connectivity index (χ4v) is 2.30. The molecule has 1 saturated carbocycles. The minimum Gasteiger partial charge on any atom is -0.493 e. The topological polar surface area (TPSA) is 63.5 Å². The first kappa shape index (κ1) is 14.5. The van der Waals surface area contributed by atoms with Crippen molar-refractivity contribution >= 4 is 0 Å². The van der Waals surface area contributed by atoms with Gasteiger partial charge in [0.25, 0.3) is 0 Å². The molecule has 5 nitrogen and oxygen atoms in total. The number of ether oxygens (including phenoxy) is 3. The number of likely N-dealkylation sites (N-methyl/N-ethyl adjacent to an activating group) is 1. The van der Waals surface area contributed by atoms with Gasteiger partial charge in [-0.15, -0.1) is 0 Å². The Morgan fingerprint density at radius 1 is 1.30 bits per heavy atom. The van der Waals surface area contributed by atoms with Crippen molar-refractivity contribution in [2.75, 3.05) is 27.9 Å². The lowest BCUT2D eigenvalue weighted by Gasteiger charge is -2.26. The summed E-state index contributed by atoms with van der Waals surface area (Å²) < 4.78 is 16.4. The molecule has 1 aromatic rings. The average molecular weight is 276 g/mol. The zero-order valence-corrected chi connectivity index (χ0v) is 12.1. The Balaban J connectivity index is 2.19. The summed E-state index contributed by atoms with van der Waals surface area (Å²) in [6.07, 6.45) is 2.11. The van der Waals surface area contributed by atoms with Crippen LogP contribution in [0, 0.1) is 17.2 Å². The highest BCUT2D eigenvalue weighted by Gasteiger charge is 2.45. The molecule has 0 amide bonds. The lowest BCUT2D eigenvalue weighted by Crippen LogP contribution is -2.49. The molecule has 1 unspecified atom stereocenters. The Morgan fingerprint density at radius 3 is 2.30 bits per heavy atom. The average Bonchev–Trinajstić information content (AvgIpc) is 3.34. The van der Waals surface area contributed by atoms with E-state index in [2.05, 4.69) is 11.4 Å². The number of nitrogens with zero attached hydrogens (tertiary/aromatic N) is 1. The van der Waals surface area contributed by atoms with Gasteiger partial charge >= 0.3 is 0 Å². The van der Waals surface area contributed by atoms with Gasteiger partial charge in [0.1, 0.15) is 12.1 Å². The zero-order valence-electron chi connectivity index (χ0n) is 12.1. The number of rotatable bonds is 7. The van der Waals surface area contributed by atoms with E-state index < -0.39 is 5.54 Å². The number of hydrogen-bond donors (Lipinski definition) is 1. The Hall–Kier alpha value is -1.93. The van der Waals surface area contributed by atoms with Gasteiger partial charge in [0.05, 0.1) is 20.3 Å². The minimum atomic E-state index is -0.647. The molecule has 1 aliphatic rings. The first-order chi connectivity index (χ1) is 9.70. The Labute approximate surface area is 119 Å². The molecule has 2 rings (SSSR count). The fraction of sp³-hybridized carbons (Fsp3) is 0.533. The molecule has 1 aliphatic carbocycles. The van der Waals surface area contributed by atoms with Crippen molar-refractivity contribution in [3.63, 3.8) is 0 Å². The van der Waals surface area contributed by atoms with E-state index in [1.807, 2.05) is 18.2 Å². The van der Waals surface area contributed by atoms with Crippen LogP contribution < -0.4 is 19.5 Å². The number of hydrogen-bond acceptors (Lipinski definition) is 5. The van der Waals surface area contributed by atoms with E-state index in [0.29, 0.717) is 23.2 Å². The molecule has 0 bridgehead atoms. The van der Waals surface area contributed by atoms with E-state index in [9.17, 15) is 5.26 Å². The largest absolute Gasteiger partial charge is 0.493 e. The number of para-hydroxylation sites is 1. The molecule has 0 aliphatic heterocycles. The van der Waals surface area contributed by atoms with Crippen LogP contribution in [-0.2, 0) is 0 Å². The molecule has 0 heterocycles. The summed E-state index contributed by atoms with van der Waals surface area (Å²) in [6.45, 7) is 0.265. The molecule has 0 spiro atoms. The molecule has 1 fully saturated rings. The summed E-state index contributed by atoms with van der Waals surface area (Å²) in [5.41, 5.74) is -0.647. The monoisotopic (exact) mass is 276 g/mol. The predicted octanol–water partition coefficient (Wildman–Crippen LogP) is 1.97. The number of nitrogens with one attached hydrogen (secondary N) is 1. The van der Waals surface area contributed by atoms with E-state index in [0.717, 1.165) is 12.8 Å². The van der Waals surface area contributed by atoms with Crippen molar-refractivity contribution in [2.45, 2.75) is 18.4 Å². The highest BCUT2D eigenvalue weighted by molar-refractivity contribution is 5.51. The van der Waals surface area contributed by atoms with Crippen molar-refractivity contribution in [1.82, 2.24) is 5.32 Å². The van der Waals surface area contributed by atoms with Crippen molar-refractivity contribution in [1.29, 1.82) is 5.26 Å². The lowest BCUT2D eigenvalue weighted by atomic mass is 9.96. The maximum atomic E-state index is 9.46. The van der Waals surface area contributed by atoms with E-state index >= 15 is 0 Å². The molecule has 108 valence electrons. The molecule has 1 aromatic carbocycles. The van der Waals surface area contributed by atoms with Crippen LogP contribution in [0.25, 0.3) is 0 Å². The second kappa shape index (κ2) is 6.02. The second-order valence-corrected chi connectivity index (χ2v) is 4.89. The molecule has 20 heavy (non-hydrogen) atoms. The summed E-state index contributed by atoms with van der Waals surface area (Å²) in [5, 5.41) is 12.6. The van der Waals surface area contributed by atoms with Crippen molar-refractivity contribution in [3.8, 4) is 23.3 Å². The summed E-state index contributed by atoms with van der Waals surface area (Å²) in [7, 11) is 4.96. The molecule has 0 aromatic heterocycles. The third kappa shape index (κ3) is 2.66.